The molecule has 2 aromatic heterocycles. The highest BCUT2D eigenvalue weighted by Crippen LogP contribution is 2.31. The third-order valence-electron chi connectivity index (χ3n) is 3.03. The third-order valence-corrected chi connectivity index (χ3v) is 4.38. The van der Waals surface area contributed by atoms with Gasteiger partial charge in [0.2, 0.25) is 0 Å². The highest BCUT2D eigenvalue weighted by molar-refractivity contribution is 7.16. The van der Waals surface area contributed by atoms with Crippen molar-refractivity contribution in [2.45, 2.75) is 6.92 Å². The molecule has 0 atom stereocenters. The third kappa shape index (κ3) is 3.16. The zero-order valence-electron chi connectivity index (χ0n) is 11.5. The summed E-state index contributed by atoms with van der Waals surface area (Å²) >= 11 is 13.1. The zero-order chi connectivity index (χ0) is 15.7. The minimum Gasteiger partial charge on any atom is -0.356 e. The van der Waals surface area contributed by atoms with Crippen LogP contribution in [-0.2, 0) is 0 Å². The van der Waals surface area contributed by atoms with Crippen molar-refractivity contribution >= 4 is 45.6 Å². The molecule has 112 valence electrons. The number of H-pyrrole nitrogens is 1. The molecule has 1 amide bonds. The van der Waals surface area contributed by atoms with Gasteiger partial charge in [-0.1, -0.05) is 35.3 Å². The largest absolute Gasteiger partial charge is 0.356 e. The maximum absolute atomic E-state index is 12.1. The van der Waals surface area contributed by atoms with Gasteiger partial charge in [-0.3, -0.25) is 10.1 Å². The van der Waals surface area contributed by atoms with Crippen molar-refractivity contribution < 1.29 is 4.79 Å². The summed E-state index contributed by atoms with van der Waals surface area (Å²) in [5.74, 6) is -0.275. The summed E-state index contributed by atoms with van der Waals surface area (Å²) in [6.07, 6.45) is 1.56. The molecule has 0 fully saturated rings. The number of amides is 1. The fourth-order valence-corrected chi connectivity index (χ4v) is 3.11. The topological polar surface area (TPSA) is 57.8 Å². The van der Waals surface area contributed by atoms with E-state index in [2.05, 4.69) is 15.3 Å². The van der Waals surface area contributed by atoms with E-state index in [1.165, 1.54) is 11.3 Å². The number of anilines is 1. The molecule has 0 saturated carbocycles. The Morgan fingerprint density at radius 2 is 1.95 bits per heavy atom. The van der Waals surface area contributed by atoms with E-state index in [1.54, 1.807) is 12.3 Å². The number of carbonyl (C=O) groups excluding carboxylic acids is 1. The van der Waals surface area contributed by atoms with Crippen molar-refractivity contribution in [3.63, 3.8) is 0 Å². The molecule has 7 heteroatoms. The second-order valence-electron chi connectivity index (χ2n) is 4.62. The number of nitrogens with one attached hydrogen (secondary N) is 2. The van der Waals surface area contributed by atoms with Crippen molar-refractivity contribution in [1.29, 1.82) is 0 Å². The number of benzene rings is 1. The Labute approximate surface area is 141 Å². The molecular formula is C15H11Cl2N3OS. The molecule has 0 aliphatic carbocycles. The van der Waals surface area contributed by atoms with Gasteiger partial charge < -0.3 is 4.98 Å². The van der Waals surface area contributed by atoms with Crippen LogP contribution in [0.15, 0.2) is 36.5 Å². The van der Waals surface area contributed by atoms with Crippen LogP contribution in [0.5, 0.6) is 0 Å². The van der Waals surface area contributed by atoms with E-state index in [4.69, 9.17) is 23.2 Å². The molecule has 0 radical (unpaired) electrons. The smallest absolute Gasteiger partial charge is 0.273 e. The number of hydrogen-bond donors (Lipinski definition) is 2. The molecule has 2 heterocycles. The first kappa shape index (κ1) is 15.1. The van der Waals surface area contributed by atoms with E-state index in [1.807, 2.05) is 31.2 Å². The Morgan fingerprint density at radius 1 is 1.23 bits per heavy atom. The Balaban J connectivity index is 1.83. The maximum Gasteiger partial charge on any atom is 0.273 e. The number of rotatable bonds is 3. The van der Waals surface area contributed by atoms with Gasteiger partial charge in [-0.15, -0.1) is 11.3 Å². The molecule has 0 unspecified atom stereocenters. The van der Waals surface area contributed by atoms with Gasteiger partial charge in [-0.2, -0.15) is 0 Å². The molecule has 3 rings (SSSR count). The average molecular weight is 352 g/mol. The Hall–Kier alpha value is -1.82. The van der Waals surface area contributed by atoms with E-state index < -0.39 is 0 Å². The van der Waals surface area contributed by atoms with Crippen LogP contribution in [0.3, 0.4) is 0 Å². The summed E-state index contributed by atoms with van der Waals surface area (Å²) in [6, 6.07) is 9.00. The Kier molecular flexibility index (Phi) is 4.20. The number of aromatic nitrogens is 2. The van der Waals surface area contributed by atoms with Crippen molar-refractivity contribution in [3.8, 4) is 11.3 Å². The fraction of sp³-hybridized carbons (Fsp3) is 0.0667. The second-order valence-corrected chi connectivity index (χ2v) is 6.69. The standard InChI is InChI=1S/C15H11Cl2N3OS/c1-8-13(9-2-4-10(16)5-3-9)19-15(22-8)20-14(21)12-6-11(17)7-18-12/h2-7,18H,1H3,(H,19,20,21). The van der Waals surface area contributed by atoms with Gasteiger partial charge >= 0.3 is 0 Å². The first-order valence-electron chi connectivity index (χ1n) is 6.41. The van der Waals surface area contributed by atoms with Crippen molar-refractivity contribution in [3.05, 3.63) is 57.1 Å². The molecule has 2 N–H and O–H groups in total. The molecular weight excluding hydrogens is 341 g/mol. The molecule has 0 bridgehead atoms. The van der Waals surface area contributed by atoms with Crippen LogP contribution in [0.2, 0.25) is 10.0 Å². The Morgan fingerprint density at radius 3 is 2.59 bits per heavy atom. The maximum atomic E-state index is 12.1. The lowest BCUT2D eigenvalue weighted by Gasteiger charge is -1.99. The van der Waals surface area contributed by atoms with E-state index in [9.17, 15) is 4.79 Å². The number of hydrogen-bond acceptors (Lipinski definition) is 3. The monoisotopic (exact) mass is 351 g/mol. The van der Waals surface area contributed by atoms with Crippen LogP contribution in [0.1, 0.15) is 15.4 Å². The number of carbonyl (C=O) groups is 1. The summed E-state index contributed by atoms with van der Waals surface area (Å²) in [5, 5.41) is 4.47. The van der Waals surface area contributed by atoms with Crippen LogP contribution < -0.4 is 5.32 Å². The lowest BCUT2D eigenvalue weighted by Crippen LogP contribution is -2.11. The van der Waals surface area contributed by atoms with Gasteiger partial charge in [-0.25, -0.2) is 4.98 Å². The van der Waals surface area contributed by atoms with Gasteiger partial charge in [0.05, 0.1) is 10.7 Å². The first-order valence-corrected chi connectivity index (χ1v) is 7.99. The molecule has 3 aromatic rings. The minimum absolute atomic E-state index is 0.275. The summed E-state index contributed by atoms with van der Waals surface area (Å²) in [6.45, 7) is 1.96. The first-order chi connectivity index (χ1) is 10.5. The van der Waals surface area contributed by atoms with Crippen LogP contribution in [0.4, 0.5) is 5.13 Å². The van der Waals surface area contributed by atoms with E-state index in [0.717, 1.165) is 16.1 Å². The summed E-state index contributed by atoms with van der Waals surface area (Å²) in [4.78, 5) is 20.4. The molecule has 22 heavy (non-hydrogen) atoms. The highest BCUT2D eigenvalue weighted by atomic mass is 35.5. The van der Waals surface area contributed by atoms with E-state index >= 15 is 0 Å². The number of aryl methyl sites for hydroxylation is 1. The quantitative estimate of drug-likeness (QED) is 0.696. The van der Waals surface area contributed by atoms with E-state index in [-0.39, 0.29) is 5.91 Å². The number of halogens is 2. The molecule has 0 saturated heterocycles. The molecule has 1 aromatic carbocycles. The van der Waals surface area contributed by atoms with Gasteiger partial charge in [0.15, 0.2) is 5.13 Å². The SMILES string of the molecule is Cc1sc(NC(=O)c2cc(Cl)c[nH]2)nc1-c1ccc(Cl)cc1. The van der Waals surface area contributed by atoms with Crippen LogP contribution in [0, 0.1) is 6.92 Å². The number of thiazole rings is 1. The minimum atomic E-state index is -0.275. The van der Waals surface area contributed by atoms with Crippen molar-refractivity contribution in [2.75, 3.05) is 5.32 Å². The lowest BCUT2D eigenvalue weighted by molar-refractivity contribution is 0.102. The van der Waals surface area contributed by atoms with Crippen LogP contribution in [0.25, 0.3) is 11.3 Å². The van der Waals surface area contributed by atoms with Gasteiger partial charge in [-0.05, 0) is 25.1 Å². The molecule has 0 spiro atoms. The molecule has 0 aliphatic heterocycles. The van der Waals surface area contributed by atoms with Crippen molar-refractivity contribution in [1.82, 2.24) is 9.97 Å². The summed E-state index contributed by atoms with van der Waals surface area (Å²) in [7, 11) is 0. The summed E-state index contributed by atoms with van der Waals surface area (Å²) in [5.41, 5.74) is 2.19. The Bertz CT molecular complexity index is 824. The fourth-order valence-electron chi connectivity index (χ4n) is 1.99. The van der Waals surface area contributed by atoms with Gasteiger partial charge in [0.1, 0.15) is 5.69 Å². The lowest BCUT2D eigenvalue weighted by atomic mass is 10.1. The zero-order valence-corrected chi connectivity index (χ0v) is 13.8. The second kappa shape index (κ2) is 6.12. The van der Waals surface area contributed by atoms with Crippen molar-refractivity contribution in [2.24, 2.45) is 0 Å². The van der Waals surface area contributed by atoms with E-state index in [0.29, 0.717) is 20.9 Å². The highest BCUT2D eigenvalue weighted by Gasteiger charge is 2.14. The number of nitrogens with zero attached hydrogens (tertiary/aromatic N) is 1. The average Bonchev–Trinajstić information content (AvgIpc) is 3.06. The predicted molar refractivity (Wildman–Crippen MR) is 91.1 cm³/mol. The van der Waals surface area contributed by atoms with Gasteiger partial charge in [0, 0.05) is 21.7 Å². The normalized spacial score (nSPS) is 10.7. The predicted octanol–water partition coefficient (Wildman–Crippen LogP) is 5.01. The number of aromatic amines is 1. The molecule has 0 aliphatic rings. The van der Waals surface area contributed by atoms with Gasteiger partial charge in [0.25, 0.3) is 5.91 Å². The molecule has 4 nitrogen and oxygen atoms in total. The van der Waals surface area contributed by atoms with Crippen LogP contribution >= 0.6 is 34.5 Å². The van der Waals surface area contributed by atoms with Crippen LogP contribution in [-0.4, -0.2) is 15.9 Å². The summed E-state index contributed by atoms with van der Waals surface area (Å²) < 4.78 is 0.